The molecule has 15 heavy (non-hydrogen) atoms. The molecule has 1 saturated heterocycles. The Bertz CT molecular complexity index is 383. The van der Waals surface area contributed by atoms with Crippen molar-refractivity contribution in [3.63, 3.8) is 0 Å². The van der Waals surface area contributed by atoms with Gasteiger partial charge in [-0.25, -0.2) is 0 Å². The van der Waals surface area contributed by atoms with Gasteiger partial charge in [-0.3, -0.25) is 4.79 Å². The van der Waals surface area contributed by atoms with Gasteiger partial charge in [-0.15, -0.1) is 0 Å². The molecule has 0 unspecified atom stereocenters. The molecular formula is C12H15NO2. The van der Waals surface area contributed by atoms with Crippen LogP contribution in [-0.2, 0) is 11.2 Å². The number of nitrogens with one attached hydrogen (secondary N) is 1. The molecule has 0 aromatic heterocycles. The van der Waals surface area contributed by atoms with E-state index in [1.807, 2.05) is 31.2 Å². The molecule has 3 heteroatoms. The van der Waals surface area contributed by atoms with Gasteiger partial charge in [-0.2, -0.15) is 0 Å². The smallest absolute Gasteiger partial charge is 0.312 e. The van der Waals surface area contributed by atoms with Crippen molar-refractivity contribution < 1.29 is 9.90 Å². The minimum Gasteiger partial charge on any atom is -0.481 e. The lowest BCUT2D eigenvalue weighted by Crippen LogP contribution is -2.59. The molecule has 0 saturated carbocycles. The molecule has 0 atom stereocenters. The van der Waals surface area contributed by atoms with E-state index in [-0.39, 0.29) is 0 Å². The fourth-order valence-corrected chi connectivity index (χ4v) is 1.95. The van der Waals surface area contributed by atoms with Gasteiger partial charge in [0.15, 0.2) is 0 Å². The summed E-state index contributed by atoms with van der Waals surface area (Å²) in [5.41, 5.74) is 1.73. The maximum absolute atomic E-state index is 11.2. The zero-order valence-electron chi connectivity index (χ0n) is 8.79. The summed E-state index contributed by atoms with van der Waals surface area (Å²) in [5, 5.41) is 12.2. The van der Waals surface area contributed by atoms with Crippen molar-refractivity contribution in [1.29, 1.82) is 0 Å². The molecule has 1 aliphatic rings. The zero-order chi connectivity index (χ0) is 10.9. The third-order valence-electron chi connectivity index (χ3n) is 3.17. The van der Waals surface area contributed by atoms with E-state index in [1.54, 1.807) is 0 Å². The van der Waals surface area contributed by atoms with Crippen molar-refractivity contribution in [3.8, 4) is 0 Å². The van der Waals surface area contributed by atoms with Gasteiger partial charge in [-0.05, 0) is 24.5 Å². The van der Waals surface area contributed by atoms with Crippen molar-refractivity contribution in [1.82, 2.24) is 5.32 Å². The fourth-order valence-electron chi connectivity index (χ4n) is 1.95. The molecule has 2 rings (SSSR count). The highest BCUT2D eigenvalue weighted by Crippen LogP contribution is 2.29. The normalized spacial score (nSPS) is 18.2. The third-order valence-corrected chi connectivity index (χ3v) is 3.17. The molecule has 0 radical (unpaired) electrons. The Kier molecular flexibility index (Phi) is 2.49. The molecule has 0 bridgehead atoms. The second-order valence-corrected chi connectivity index (χ2v) is 4.29. The van der Waals surface area contributed by atoms with Crippen molar-refractivity contribution in [3.05, 3.63) is 35.4 Å². The molecule has 2 N–H and O–H groups in total. The Balaban J connectivity index is 2.21. The number of carboxylic acid groups (broad SMARTS) is 1. The summed E-state index contributed by atoms with van der Waals surface area (Å²) in [6.45, 7) is 3.18. The zero-order valence-corrected chi connectivity index (χ0v) is 8.79. The van der Waals surface area contributed by atoms with Crippen LogP contribution in [0.25, 0.3) is 0 Å². The van der Waals surface area contributed by atoms with E-state index in [4.69, 9.17) is 0 Å². The SMILES string of the molecule is Cc1ccccc1CC1(C(=O)O)CNC1. The van der Waals surface area contributed by atoms with Gasteiger partial charge in [-0.1, -0.05) is 24.3 Å². The Morgan fingerprint density at radius 1 is 1.47 bits per heavy atom. The molecule has 1 aromatic rings. The van der Waals surface area contributed by atoms with Crippen molar-refractivity contribution in [2.45, 2.75) is 13.3 Å². The van der Waals surface area contributed by atoms with E-state index in [0.29, 0.717) is 19.5 Å². The van der Waals surface area contributed by atoms with Crippen LogP contribution >= 0.6 is 0 Å². The van der Waals surface area contributed by atoms with E-state index in [9.17, 15) is 9.90 Å². The number of aryl methyl sites for hydroxylation is 1. The average Bonchev–Trinajstić information content (AvgIpc) is 2.13. The number of rotatable bonds is 3. The van der Waals surface area contributed by atoms with Crippen LogP contribution in [0.4, 0.5) is 0 Å². The highest BCUT2D eigenvalue weighted by Gasteiger charge is 2.44. The van der Waals surface area contributed by atoms with Gasteiger partial charge >= 0.3 is 5.97 Å². The Labute approximate surface area is 89.1 Å². The maximum atomic E-state index is 11.2. The number of hydrogen-bond donors (Lipinski definition) is 2. The predicted molar refractivity (Wildman–Crippen MR) is 57.8 cm³/mol. The lowest BCUT2D eigenvalue weighted by molar-refractivity contribution is -0.152. The van der Waals surface area contributed by atoms with Crippen LogP contribution in [0.1, 0.15) is 11.1 Å². The Morgan fingerprint density at radius 3 is 2.60 bits per heavy atom. The van der Waals surface area contributed by atoms with Crippen molar-refractivity contribution in [2.75, 3.05) is 13.1 Å². The highest BCUT2D eigenvalue weighted by atomic mass is 16.4. The Morgan fingerprint density at radius 2 is 2.13 bits per heavy atom. The first-order valence-corrected chi connectivity index (χ1v) is 5.13. The molecule has 1 fully saturated rings. The van der Waals surface area contributed by atoms with Gasteiger partial charge < -0.3 is 10.4 Å². The maximum Gasteiger partial charge on any atom is 0.312 e. The summed E-state index contributed by atoms with van der Waals surface area (Å²) < 4.78 is 0. The first-order valence-electron chi connectivity index (χ1n) is 5.13. The predicted octanol–water partition coefficient (Wildman–Crippen LogP) is 1.21. The van der Waals surface area contributed by atoms with Crippen LogP contribution in [0.5, 0.6) is 0 Å². The second-order valence-electron chi connectivity index (χ2n) is 4.29. The lowest BCUT2D eigenvalue weighted by atomic mass is 9.76. The lowest BCUT2D eigenvalue weighted by Gasteiger charge is -2.39. The number of carboxylic acids is 1. The van der Waals surface area contributed by atoms with E-state index >= 15 is 0 Å². The number of benzene rings is 1. The standard InChI is InChI=1S/C12H15NO2/c1-9-4-2-3-5-10(9)6-12(11(14)15)7-13-8-12/h2-5,13H,6-8H2,1H3,(H,14,15). The summed E-state index contributed by atoms with van der Waals surface area (Å²) in [4.78, 5) is 11.2. The van der Waals surface area contributed by atoms with E-state index in [1.165, 1.54) is 5.56 Å². The molecule has 1 aliphatic heterocycles. The average molecular weight is 205 g/mol. The largest absolute Gasteiger partial charge is 0.481 e. The van der Waals surface area contributed by atoms with Crippen LogP contribution in [-0.4, -0.2) is 24.2 Å². The van der Waals surface area contributed by atoms with Gasteiger partial charge in [0, 0.05) is 13.1 Å². The summed E-state index contributed by atoms with van der Waals surface area (Å²) in [5.74, 6) is -0.690. The fraction of sp³-hybridized carbons (Fsp3) is 0.417. The quantitative estimate of drug-likeness (QED) is 0.779. The monoisotopic (exact) mass is 205 g/mol. The Hall–Kier alpha value is -1.35. The summed E-state index contributed by atoms with van der Waals surface area (Å²) in [6, 6.07) is 7.98. The second kappa shape index (κ2) is 3.66. The molecule has 0 amide bonds. The number of carbonyl (C=O) groups is 1. The van der Waals surface area contributed by atoms with Gasteiger partial charge in [0.1, 0.15) is 0 Å². The van der Waals surface area contributed by atoms with E-state index in [0.717, 1.165) is 5.56 Å². The first-order chi connectivity index (χ1) is 7.14. The van der Waals surface area contributed by atoms with Gasteiger partial charge in [0.05, 0.1) is 5.41 Å². The van der Waals surface area contributed by atoms with Crippen LogP contribution in [0.2, 0.25) is 0 Å². The molecule has 3 nitrogen and oxygen atoms in total. The molecule has 0 aliphatic carbocycles. The minimum absolute atomic E-state index is 0.577. The third kappa shape index (κ3) is 1.75. The van der Waals surface area contributed by atoms with Crippen LogP contribution in [0.15, 0.2) is 24.3 Å². The van der Waals surface area contributed by atoms with Crippen LogP contribution < -0.4 is 5.32 Å². The van der Waals surface area contributed by atoms with Crippen LogP contribution in [0.3, 0.4) is 0 Å². The number of aliphatic carboxylic acids is 1. The van der Waals surface area contributed by atoms with Gasteiger partial charge in [0.25, 0.3) is 0 Å². The molecular weight excluding hydrogens is 190 g/mol. The first kappa shape index (κ1) is 10.2. The topological polar surface area (TPSA) is 49.3 Å². The van der Waals surface area contributed by atoms with E-state index < -0.39 is 11.4 Å². The molecule has 0 spiro atoms. The van der Waals surface area contributed by atoms with Crippen molar-refractivity contribution in [2.24, 2.45) is 5.41 Å². The molecule has 1 aromatic carbocycles. The molecule has 1 heterocycles. The molecule has 80 valence electrons. The highest BCUT2D eigenvalue weighted by molar-refractivity contribution is 5.77. The van der Waals surface area contributed by atoms with E-state index in [2.05, 4.69) is 5.32 Å². The minimum atomic E-state index is -0.690. The van der Waals surface area contributed by atoms with Crippen molar-refractivity contribution >= 4 is 5.97 Å². The summed E-state index contributed by atoms with van der Waals surface area (Å²) in [6.07, 6.45) is 0.627. The summed E-state index contributed by atoms with van der Waals surface area (Å²) >= 11 is 0. The summed E-state index contributed by atoms with van der Waals surface area (Å²) in [7, 11) is 0. The number of hydrogen-bond acceptors (Lipinski definition) is 2. The van der Waals surface area contributed by atoms with Crippen LogP contribution in [0, 0.1) is 12.3 Å². The van der Waals surface area contributed by atoms with Gasteiger partial charge in [0.2, 0.25) is 0 Å².